The number of hydrogen-bond acceptors (Lipinski definition) is 4. The molecule has 0 saturated heterocycles. The average molecular weight is 244 g/mol. The Balaban J connectivity index is 1.96. The van der Waals surface area contributed by atoms with Crippen molar-refractivity contribution in [2.45, 2.75) is 6.10 Å². The summed E-state index contributed by atoms with van der Waals surface area (Å²) in [7, 11) is 0. The summed E-state index contributed by atoms with van der Waals surface area (Å²) in [4.78, 5) is 0.939. The maximum Gasteiger partial charge on any atom is 0.105 e. The van der Waals surface area contributed by atoms with Gasteiger partial charge in [-0.05, 0) is 29.6 Å². The van der Waals surface area contributed by atoms with Crippen molar-refractivity contribution in [2.75, 3.05) is 11.9 Å². The van der Waals surface area contributed by atoms with E-state index in [4.69, 9.17) is 5.26 Å². The summed E-state index contributed by atoms with van der Waals surface area (Å²) in [5, 5.41) is 23.7. The lowest BCUT2D eigenvalue weighted by atomic mass is 10.2. The van der Waals surface area contributed by atoms with E-state index in [-0.39, 0.29) is 0 Å². The minimum Gasteiger partial charge on any atom is -0.386 e. The summed E-state index contributed by atoms with van der Waals surface area (Å²) < 4.78 is 0. The van der Waals surface area contributed by atoms with Crippen LogP contribution in [0.25, 0.3) is 0 Å². The van der Waals surface area contributed by atoms with Gasteiger partial charge in [-0.3, -0.25) is 0 Å². The molecule has 86 valence electrons. The van der Waals surface area contributed by atoms with Crippen molar-refractivity contribution in [1.29, 1.82) is 5.26 Å². The van der Waals surface area contributed by atoms with Gasteiger partial charge in [0.05, 0.1) is 11.6 Å². The van der Waals surface area contributed by atoms with Gasteiger partial charge in [-0.15, -0.1) is 11.3 Å². The molecule has 0 aliphatic heterocycles. The van der Waals surface area contributed by atoms with Crippen LogP contribution >= 0.6 is 11.3 Å². The summed E-state index contributed by atoms with van der Waals surface area (Å²) in [6.07, 6.45) is -0.513. The van der Waals surface area contributed by atoms with E-state index in [2.05, 4.69) is 11.4 Å². The minimum atomic E-state index is -0.513. The third-order valence-electron chi connectivity index (χ3n) is 2.36. The van der Waals surface area contributed by atoms with E-state index >= 15 is 0 Å². The second-order valence-corrected chi connectivity index (χ2v) is 4.58. The second kappa shape index (κ2) is 5.48. The fourth-order valence-electron chi connectivity index (χ4n) is 1.49. The van der Waals surface area contributed by atoms with Crippen LogP contribution in [-0.4, -0.2) is 11.7 Å². The van der Waals surface area contributed by atoms with Crippen molar-refractivity contribution in [3.8, 4) is 6.07 Å². The van der Waals surface area contributed by atoms with E-state index in [1.165, 1.54) is 11.3 Å². The third kappa shape index (κ3) is 3.06. The SMILES string of the molecule is N#Cc1cccc(NCC(O)c2cccs2)c1. The first-order valence-electron chi connectivity index (χ1n) is 5.25. The van der Waals surface area contributed by atoms with Gasteiger partial charge in [-0.2, -0.15) is 5.26 Å². The quantitative estimate of drug-likeness (QED) is 0.869. The number of nitriles is 1. The van der Waals surface area contributed by atoms with Crippen LogP contribution in [0.2, 0.25) is 0 Å². The zero-order chi connectivity index (χ0) is 12.1. The Morgan fingerprint density at radius 2 is 2.24 bits per heavy atom. The van der Waals surface area contributed by atoms with Gasteiger partial charge in [0.2, 0.25) is 0 Å². The summed E-state index contributed by atoms with van der Waals surface area (Å²) in [6.45, 7) is 0.440. The van der Waals surface area contributed by atoms with Crippen molar-refractivity contribution in [2.24, 2.45) is 0 Å². The van der Waals surface area contributed by atoms with Gasteiger partial charge in [0, 0.05) is 17.1 Å². The number of hydrogen-bond donors (Lipinski definition) is 2. The zero-order valence-electron chi connectivity index (χ0n) is 9.13. The van der Waals surface area contributed by atoms with Crippen LogP contribution in [0, 0.1) is 11.3 Å². The molecular formula is C13H12N2OS. The molecule has 1 unspecified atom stereocenters. The van der Waals surface area contributed by atoms with E-state index in [1.54, 1.807) is 12.1 Å². The summed E-state index contributed by atoms with van der Waals surface area (Å²) in [6, 6.07) is 13.1. The number of aliphatic hydroxyl groups is 1. The Morgan fingerprint density at radius 1 is 1.35 bits per heavy atom. The minimum absolute atomic E-state index is 0.440. The highest BCUT2D eigenvalue weighted by atomic mass is 32.1. The molecule has 17 heavy (non-hydrogen) atoms. The van der Waals surface area contributed by atoms with E-state index < -0.39 is 6.10 Å². The largest absolute Gasteiger partial charge is 0.386 e. The maximum atomic E-state index is 9.88. The number of anilines is 1. The molecule has 0 spiro atoms. The first-order valence-corrected chi connectivity index (χ1v) is 6.13. The molecule has 0 fully saturated rings. The van der Waals surface area contributed by atoms with Crippen molar-refractivity contribution < 1.29 is 5.11 Å². The van der Waals surface area contributed by atoms with Gasteiger partial charge in [-0.1, -0.05) is 12.1 Å². The van der Waals surface area contributed by atoms with Gasteiger partial charge < -0.3 is 10.4 Å². The lowest BCUT2D eigenvalue weighted by Gasteiger charge is -2.11. The number of benzene rings is 1. The standard InChI is InChI=1S/C13H12N2OS/c14-8-10-3-1-4-11(7-10)15-9-12(16)13-5-2-6-17-13/h1-7,12,15-16H,9H2. The van der Waals surface area contributed by atoms with E-state index in [0.717, 1.165) is 10.6 Å². The highest BCUT2D eigenvalue weighted by Gasteiger charge is 2.07. The summed E-state index contributed by atoms with van der Waals surface area (Å²) in [5.41, 5.74) is 1.46. The molecule has 1 heterocycles. The number of nitrogens with zero attached hydrogens (tertiary/aromatic N) is 1. The fourth-order valence-corrected chi connectivity index (χ4v) is 2.21. The Hall–Kier alpha value is -1.83. The van der Waals surface area contributed by atoms with Gasteiger partial charge >= 0.3 is 0 Å². The number of nitrogens with one attached hydrogen (secondary N) is 1. The molecular weight excluding hydrogens is 232 g/mol. The van der Waals surface area contributed by atoms with Gasteiger partial charge in [0.1, 0.15) is 6.10 Å². The lowest BCUT2D eigenvalue weighted by molar-refractivity contribution is 0.195. The number of rotatable bonds is 4. The molecule has 0 saturated carbocycles. The molecule has 3 nitrogen and oxygen atoms in total. The van der Waals surface area contributed by atoms with Gasteiger partial charge in [-0.25, -0.2) is 0 Å². The molecule has 0 amide bonds. The monoisotopic (exact) mass is 244 g/mol. The Bertz CT molecular complexity index is 516. The van der Waals surface area contributed by atoms with Crippen LogP contribution in [0.3, 0.4) is 0 Å². The molecule has 2 aromatic rings. The molecule has 1 aromatic heterocycles. The van der Waals surface area contributed by atoms with Crippen molar-refractivity contribution in [3.63, 3.8) is 0 Å². The molecule has 0 aliphatic carbocycles. The van der Waals surface area contributed by atoms with Crippen molar-refractivity contribution >= 4 is 17.0 Å². The van der Waals surface area contributed by atoms with Crippen LogP contribution < -0.4 is 5.32 Å². The smallest absolute Gasteiger partial charge is 0.105 e. The predicted molar refractivity (Wildman–Crippen MR) is 68.9 cm³/mol. The number of thiophene rings is 1. The summed E-state index contributed by atoms with van der Waals surface area (Å²) >= 11 is 1.53. The van der Waals surface area contributed by atoms with E-state index in [9.17, 15) is 5.11 Å². The zero-order valence-corrected chi connectivity index (χ0v) is 9.95. The lowest BCUT2D eigenvalue weighted by Crippen LogP contribution is -2.10. The molecule has 0 radical (unpaired) electrons. The van der Waals surface area contributed by atoms with E-state index in [1.807, 2.05) is 29.6 Å². The highest BCUT2D eigenvalue weighted by Crippen LogP contribution is 2.19. The topological polar surface area (TPSA) is 56.0 Å². The van der Waals surface area contributed by atoms with Crippen LogP contribution in [0.5, 0.6) is 0 Å². The molecule has 1 atom stereocenters. The first-order chi connectivity index (χ1) is 8.29. The van der Waals surface area contributed by atoms with Crippen molar-refractivity contribution in [3.05, 3.63) is 52.2 Å². The molecule has 0 aliphatic rings. The average Bonchev–Trinajstić information content (AvgIpc) is 2.90. The molecule has 4 heteroatoms. The molecule has 1 aromatic carbocycles. The van der Waals surface area contributed by atoms with Crippen LogP contribution in [0.1, 0.15) is 16.5 Å². The van der Waals surface area contributed by atoms with Crippen LogP contribution in [0.4, 0.5) is 5.69 Å². The molecule has 2 rings (SSSR count). The van der Waals surface area contributed by atoms with Gasteiger partial charge in [0.25, 0.3) is 0 Å². The fraction of sp³-hybridized carbons (Fsp3) is 0.154. The number of aliphatic hydroxyl groups excluding tert-OH is 1. The predicted octanol–water partition coefficient (Wildman–Crippen LogP) is 2.77. The maximum absolute atomic E-state index is 9.88. The Morgan fingerprint density at radius 3 is 2.94 bits per heavy atom. The Labute approximate surface area is 104 Å². The third-order valence-corrected chi connectivity index (χ3v) is 3.34. The normalized spacial score (nSPS) is 11.8. The molecule has 2 N–H and O–H groups in total. The first kappa shape index (κ1) is 11.6. The van der Waals surface area contributed by atoms with Gasteiger partial charge in [0.15, 0.2) is 0 Å². The highest BCUT2D eigenvalue weighted by molar-refractivity contribution is 7.10. The van der Waals surface area contributed by atoms with Crippen molar-refractivity contribution in [1.82, 2.24) is 0 Å². The Kier molecular flexibility index (Phi) is 3.76. The van der Waals surface area contributed by atoms with E-state index in [0.29, 0.717) is 12.1 Å². The van der Waals surface area contributed by atoms with Crippen LogP contribution in [0.15, 0.2) is 41.8 Å². The molecule has 0 bridgehead atoms. The summed E-state index contributed by atoms with van der Waals surface area (Å²) in [5.74, 6) is 0. The van der Waals surface area contributed by atoms with Crippen LogP contribution in [-0.2, 0) is 0 Å². The second-order valence-electron chi connectivity index (χ2n) is 3.60.